The van der Waals surface area contributed by atoms with Gasteiger partial charge >= 0.3 is 0 Å². The molecule has 2 rings (SSSR count). The summed E-state index contributed by atoms with van der Waals surface area (Å²) in [6, 6.07) is 8.56. The normalized spacial score (nSPS) is 12.6. The highest BCUT2D eigenvalue weighted by Gasteiger charge is 2.15. The largest absolute Gasteiger partial charge is 0.308 e. The van der Waals surface area contributed by atoms with E-state index in [1.165, 1.54) is 17.1 Å². The lowest BCUT2D eigenvalue weighted by Gasteiger charge is -2.16. The van der Waals surface area contributed by atoms with Crippen molar-refractivity contribution in [1.29, 1.82) is 0 Å². The first kappa shape index (κ1) is 13.6. The summed E-state index contributed by atoms with van der Waals surface area (Å²) < 4.78 is 5.10. The number of aromatic nitrogens is 2. The third-order valence-electron chi connectivity index (χ3n) is 2.76. The number of hydrogen-bond donors (Lipinski definition) is 1. The molecule has 1 heterocycles. The lowest BCUT2D eigenvalue weighted by atomic mass is 10.0. The van der Waals surface area contributed by atoms with Gasteiger partial charge in [0.2, 0.25) is 0 Å². The summed E-state index contributed by atoms with van der Waals surface area (Å²) >= 11 is 5.00. The summed E-state index contributed by atoms with van der Waals surface area (Å²) in [5, 5.41) is 9.73. The molecule has 0 aliphatic rings. The minimum atomic E-state index is 0.238. The van der Waals surface area contributed by atoms with Crippen molar-refractivity contribution in [3.63, 3.8) is 0 Å². The average molecular weight is 326 g/mol. The van der Waals surface area contributed by atoms with Crippen LogP contribution in [0.25, 0.3) is 0 Å². The summed E-state index contributed by atoms with van der Waals surface area (Å²) in [6.45, 7) is 3.16. The first-order valence-electron chi connectivity index (χ1n) is 6.05. The molecule has 0 amide bonds. The second-order valence-corrected chi connectivity index (χ2v) is 5.60. The minimum Gasteiger partial charge on any atom is -0.308 e. The molecule has 18 heavy (non-hydrogen) atoms. The average Bonchev–Trinajstić information content (AvgIpc) is 2.90. The Hall–Kier alpha value is -0.780. The maximum atomic E-state index is 4.19. The third kappa shape index (κ3) is 3.60. The van der Waals surface area contributed by atoms with E-state index in [1.807, 2.05) is 11.4 Å². The SMILES string of the molecule is CCCNC(Cc1ccccc1Br)c1csnn1. The van der Waals surface area contributed by atoms with Crippen LogP contribution in [-0.4, -0.2) is 16.1 Å². The van der Waals surface area contributed by atoms with Crippen LogP contribution in [0.2, 0.25) is 0 Å². The highest BCUT2D eigenvalue weighted by molar-refractivity contribution is 9.10. The molecule has 96 valence electrons. The molecule has 0 spiro atoms. The fourth-order valence-electron chi connectivity index (χ4n) is 1.81. The molecule has 0 aliphatic heterocycles. The van der Waals surface area contributed by atoms with E-state index >= 15 is 0 Å². The van der Waals surface area contributed by atoms with Gasteiger partial charge in [0, 0.05) is 9.85 Å². The van der Waals surface area contributed by atoms with E-state index in [2.05, 4.69) is 56.0 Å². The molecule has 0 saturated carbocycles. The van der Waals surface area contributed by atoms with Crippen molar-refractivity contribution in [2.24, 2.45) is 0 Å². The van der Waals surface area contributed by atoms with Gasteiger partial charge < -0.3 is 5.32 Å². The van der Waals surface area contributed by atoms with Crippen LogP contribution in [0, 0.1) is 0 Å². The van der Waals surface area contributed by atoms with Crippen LogP contribution in [0.15, 0.2) is 34.1 Å². The monoisotopic (exact) mass is 325 g/mol. The highest BCUT2D eigenvalue weighted by atomic mass is 79.9. The van der Waals surface area contributed by atoms with Gasteiger partial charge in [-0.25, -0.2) is 0 Å². The van der Waals surface area contributed by atoms with Crippen molar-refractivity contribution in [1.82, 2.24) is 14.9 Å². The van der Waals surface area contributed by atoms with Gasteiger partial charge in [-0.15, -0.1) is 5.10 Å². The van der Waals surface area contributed by atoms with E-state index < -0.39 is 0 Å². The third-order valence-corrected chi connectivity index (χ3v) is 4.05. The Kier molecular flexibility index (Phi) is 5.28. The summed E-state index contributed by atoms with van der Waals surface area (Å²) in [5.41, 5.74) is 2.32. The Morgan fingerprint density at radius 3 is 2.89 bits per heavy atom. The van der Waals surface area contributed by atoms with Crippen molar-refractivity contribution >= 4 is 27.5 Å². The van der Waals surface area contributed by atoms with Crippen LogP contribution in [0.4, 0.5) is 0 Å². The zero-order valence-corrected chi connectivity index (χ0v) is 12.7. The first-order valence-corrected chi connectivity index (χ1v) is 7.68. The summed E-state index contributed by atoms with van der Waals surface area (Å²) in [5.74, 6) is 0. The van der Waals surface area contributed by atoms with E-state index in [1.54, 1.807) is 0 Å². The van der Waals surface area contributed by atoms with Crippen LogP contribution in [0.1, 0.15) is 30.6 Å². The fraction of sp³-hybridized carbons (Fsp3) is 0.385. The lowest BCUT2D eigenvalue weighted by Crippen LogP contribution is -2.24. The molecule has 0 bridgehead atoms. The second kappa shape index (κ2) is 6.97. The van der Waals surface area contributed by atoms with Gasteiger partial charge in [0.05, 0.1) is 11.7 Å². The van der Waals surface area contributed by atoms with Gasteiger partial charge in [0.25, 0.3) is 0 Å². The van der Waals surface area contributed by atoms with Crippen LogP contribution in [0.5, 0.6) is 0 Å². The molecule has 5 heteroatoms. The smallest absolute Gasteiger partial charge is 0.0928 e. The number of hydrogen-bond acceptors (Lipinski definition) is 4. The maximum Gasteiger partial charge on any atom is 0.0928 e. The number of halogens is 1. The van der Waals surface area contributed by atoms with E-state index in [9.17, 15) is 0 Å². The van der Waals surface area contributed by atoms with Crippen LogP contribution < -0.4 is 5.32 Å². The molecule has 0 radical (unpaired) electrons. The van der Waals surface area contributed by atoms with Gasteiger partial charge in [-0.3, -0.25) is 0 Å². The summed E-state index contributed by atoms with van der Waals surface area (Å²) in [6.07, 6.45) is 2.04. The van der Waals surface area contributed by atoms with Crippen molar-refractivity contribution in [3.05, 3.63) is 45.4 Å². The number of nitrogens with one attached hydrogen (secondary N) is 1. The predicted molar refractivity (Wildman–Crippen MR) is 78.8 cm³/mol. The van der Waals surface area contributed by atoms with Crippen LogP contribution in [0.3, 0.4) is 0 Å². The Labute approximate surface area is 120 Å². The fourth-order valence-corrected chi connectivity index (χ4v) is 2.76. The Balaban J connectivity index is 2.13. The van der Waals surface area contributed by atoms with E-state index in [-0.39, 0.29) is 6.04 Å². The quantitative estimate of drug-likeness (QED) is 0.882. The molecule has 1 aromatic heterocycles. The second-order valence-electron chi connectivity index (χ2n) is 4.13. The molecule has 2 aromatic rings. The Bertz CT molecular complexity index is 473. The maximum absolute atomic E-state index is 4.19. The Morgan fingerprint density at radius 2 is 2.22 bits per heavy atom. The molecular formula is C13H16BrN3S. The van der Waals surface area contributed by atoms with Crippen molar-refractivity contribution in [2.45, 2.75) is 25.8 Å². The predicted octanol–water partition coefficient (Wildman–Crippen LogP) is 3.58. The number of nitrogens with zero attached hydrogens (tertiary/aromatic N) is 2. The molecule has 0 aliphatic carbocycles. The van der Waals surface area contributed by atoms with Gasteiger partial charge in [-0.1, -0.05) is 45.5 Å². The summed E-state index contributed by atoms with van der Waals surface area (Å²) in [4.78, 5) is 0. The minimum absolute atomic E-state index is 0.238. The molecule has 0 fully saturated rings. The first-order chi connectivity index (χ1) is 8.81. The van der Waals surface area contributed by atoms with Crippen LogP contribution in [-0.2, 0) is 6.42 Å². The molecule has 1 atom stereocenters. The van der Waals surface area contributed by atoms with Crippen molar-refractivity contribution in [3.8, 4) is 0 Å². The highest BCUT2D eigenvalue weighted by Crippen LogP contribution is 2.23. The molecule has 1 N–H and O–H groups in total. The van der Waals surface area contributed by atoms with Crippen LogP contribution >= 0.6 is 27.5 Å². The van der Waals surface area contributed by atoms with E-state index in [4.69, 9.17) is 0 Å². The van der Waals surface area contributed by atoms with Gasteiger partial charge in [-0.05, 0) is 42.5 Å². The molecule has 1 unspecified atom stereocenters. The van der Waals surface area contributed by atoms with E-state index in [0.29, 0.717) is 0 Å². The molecule has 3 nitrogen and oxygen atoms in total. The van der Waals surface area contributed by atoms with Gasteiger partial charge in [-0.2, -0.15) is 0 Å². The lowest BCUT2D eigenvalue weighted by molar-refractivity contribution is 0.516. The summed E-state index contributed by atoms with van der Waals surface area (Å²) in [7, 11) is 0. The van der Waals surface area contributed by atoms with Crippen molar-refractivity contribution < 1.29 is 0 Å². The zero-order chi connectivity index (χ0) is 12.8. The molecule has 0 saturated heterocycles. The molecular weight excluding hydrogens is 310 g/mol. The molecule has 1 aromatic carbocycles. The van der Waals surface area contributed by atoms with Gasteiger partial charge in [0.15, 0.2) is 0 Å². The zero-order valence-electron chi connectivity index (χ0n) is 10.3. The van der Waals surface area contributed by atoms with Gasteiger partial charge in [0.1, 0.15) is 0 Å². The topological polar surface area (TPSA) is 37.8 Å². The number of benzene rings is 1. The number of rotatable bonds is 6. The standard InChI is InChI=1S/C13H16BrN3S/c1-2-7-15-12(13-9-18-17-16-13)8-10-5-3-4-6-11(10)14/h3-6,9,12,15H,2,7-8H2,1H3. The van der Waals surface area contributed by atoms with Crippen molar-refractivity contribution in [2.75, 3.05) is 6.54 Å². The Morgan fingerprint density at radius 1 is 1.39 bits per heavy atom. The van der Waals surface area contributed by atoms with E-state index in [0.717, 1.165) is 29.6 Å².